The fourth-order valence-electron chi connectivity index (χ4n) is 16.4. The second-order valence-electron chi connectivity index (χ2n) is 28.9. The highest BCUT2D eigenvalue weighted by Crippen LogP contribution is 2.46. The Morgan fingerprint density at radius 3 is 1.17 bits per heavy atom. The van der Waals surface area contributed by atoms with Gasteiger partial charge < -0.3 is 17.7 Å². The lowest BCUT2D eigenvalue weighted by Gasteiger charge is -2.17. The number of para-hydroxylation sites is 7. The molecule has 538 valence electrons. The zero-order valence-electron chi connectivity index (χ0n) is 62.0. The van der Waals surface area contributed by atoms with E-state index in [1.807, 2.05) is 103 Å². The van der Waals surface area contributed by atoms with E-state index >= 15 is 0 Å². The van der Waals surface area contributed by atoms with Crippen molar-refractivity contribution >= 4 is 93.3 Å². The monoisotopic (exact) mass is 1460 g/mol. The van der Waals surface area contributed by atoms with Crippen LogP contribution in [-0.2, 0) is 6.42 Å². The first kappa shape index (κ1) is 67.1. The van der Waals surface area contributed by atoms with E-state index in [2.05, 4.69) is 262 Å². The summed E-state index contributed by atoms with van der Waals surface area (Å²) in [6.07, 6.45) is 9.28. The van der Waals surface area contributed by atoms with Gasteiger partial charge in [0.15, 0.2) is 34.9 Å². The molecule has 10 nitrogen and oxygen atoms in total. The maximum atomic E-state index is 6.99. The van der Waals surface area contributed by atoms with E-state index < -0.39 is 0 Å². The van der Waals surface area contributed by atoms with E-state index in [0.717, 1.165) is 178 Å². The van der Waals surface area contributed by atoms with Gasteiger partial charge in [0.05, 0.1) is 22.3 Å². The molecule has 0 aliphatic rings. The Labute approximate surface area is 656 Å². The van der Waals surface area contributed by atoms with Gasteiger partial charge in [-0.1, -0.05) is 298 Å². The van der Waals surface area contributed by atoms with Gasteiger partial charge in [-0.05, 0) is 158 Å². The molecule has 0 N–H and O–H groups in total. The molecule has 6 heterocycles. The van der Waals surface area contributed by atoms with Crippen LogP contribution < -0.4 is 0 Å². The van der Waals surface area contributed by atoms with Crippen molar-refractivity contribution in [3.05, 3.63) is 369 Å². The van der Waals surface area contributed by atoms with Gasteiger partial charge in [0.25, 0.3) is 0 Å². The first-order chi connectivity index (χ1) is 56.4. The van der Waals surface area contributed by atoms with Crippen molar-refractivity contribution in [1.82, 2.24) is 29.9 Å². The summed E-state index contributed by atoms with van der Waals surface area (Å²) in [6.45, 7) is 2.24. The molecule has 0 bridgehead atoms. The molecular formula is C104H68N6O4. The van der Waals surface area contributed by atoms with Gasteiger partial charge in [0.1, 0.15) is 44.7 Å². The lowest BCUT2D eigenvalue weighted by atomic mass is 9.90. The van der Waals surface area contributed by atoms with Crippen molar-refractivity contribution in [2.45, 2.75) is 26.2 Å². The standard InChI is InChI=1S/C104H68N6O4/c1-2-27-65(69-36-20-38-71(61-69)72-57-58-74(67-32-8-4-9-33-67)89(63-72)103-107-99(84-49-23-45-80-77-40-14-17-53-90(77)111-95(80)84)105-100(108-103)85-50-24-46-81-78-41-15-18-54-91(78)112-96(81)85)31-13-12-28-64-56-59-93-88(60-64)83-48-26-52-87(98(83)114-93)102-106-101(86-51-25-47-82-79-42-16-19-55-92(79)113-97(82)86)109-104(110-102)94-75(68-34-10-5-11-35-68)43-22-44-76(94)73-39-21-37-70(62-73)66-29-6-3-7-30-66/h3-26,29-63H,2,27-28H2,1H3/b13-12-,65-31+. The SMILES string of the molecule is CCC/C(=C\C=C/Cc1ccc2oc3c(-c4nc(-c5c(-c6ccccc6)cccc5-c5cccc(-c6ccccc6)c5)nc(-c5cccc6c5oc5ccccc56)n4)cccc3c2c1)c1cccc(-c2ccc(-c3ccccc3)c(-c3nc(-c4cccc5c4oc4ccccc45)nc(-c4cccc5c4oc4ccccc45)n3)c2)c1. The number of allylic oxidation sites excluding steroid dienone is 4. The quantitative estimate of drug-likeness (QED) is 0.0812. The minimum Gasteiger partial charge on any atom is -0.455 e. The van der Waals surface area contributed by atoms with Crippen LogP contribution in [0.2, 0.25) is 0 Å². The summed E-state index contributed by atoms with van der Waals surface area (Å²) in [7, 11) is 0. The van der Waals surface area contributed by atoms with Gasteiger partial charge in [-0.3, -0.25) is 0 Å². The fourth-order valence-corrected chi connectivity index (χ4v) is 16.4. The predicted molar refractivity (Wildman–Crippen MR) is 464 cm³/mol. The van der Waals surface area contributed by atoms with E-state index in [9.17, 15) is 0 Å². The van der Waals surface area contributed by atoms with Gasteiger partial charge in [0, 0.05) is 54.2 Å². The van der Waals surface area contributed by atoms with E-state index in [1.54, 1.807) is 0 Å². The lowest BCUT2D eigenvalue weighted by Crippen LogP contribution is -2.03. The molecule has 0 aliphatic heterocycles. The number of hydrogen-bond acceptors (Lipinski definition) is 10. The normalized spacial score (nSPS) is 12.0. The Hall–Kier alpha value is -15.0. The number of rotatable bonds is 17. The highest BCUT2D eigenvalue weighted by Gasteiger charge is 2.27. The molecule has 0 unspecified atom stereocenters. The van der Waals surface area contributed by atoms with Crippen LogP contribution >= 0.6 is 0 Å². The maximum Gasteiger partial charge on any atom is 0.167 e. The third kappa shape index (κ3) is 12.1. The number of nitrogens with zero attached hydrogens (tertiary/aromatic N) is 6. The summed E-state index contributed by atoms with van der Waals surface area (Å²) < 4.78 is 27.1. The smallest absolute Gasteiger partial charge is 0.167 e. The summed E-state index contributed by atoms with van der Waals surface area (Å²) in [4.78, 5) is 32.8. The highest BCUT2D eigenvalue weighted by molar-refractivity contribution is 6.13. The van der Waals surface area contributed by atoms with E-state index in [-0.39, 0.29) is 0 Å². The van der Waals surface area contributed by atoms with Crippen molar-refractivity contribution in [3.8, 4) is 124 Å². The van der Waals surface area contributed by atoms with E-state index in [4.69, 9.17) is 47.6 Å². The summed E-state index contributed by atoms with van der Waals surface area (Å²) in [5.74, 6) is 2.96. The Balaban J connectivity index is 0.632. The van der Waals surface area contributed by atoms with Gasteiger partial charge in [-0.15, -0.1) is 0 Å². The lowest BCUT2D eigenvalue weighted by molar-refractivity contribution is 0.668. The summed E-state index contributed by atoms with van der Waals surface area (Å²) >= 11 is 0. The molecule has 0 atom stereocenters. The van der Waals surface area contributed by atoms with E-state index in [0.29, 0.717) is 63.7 Å². The van der Waals surface area contributed by atoms with Crippen LogP contribution in [0.3, 0.4) is 0 Å². The molecule has 0 amide bonds. The van der Waals surface area contributed by atoms with E-state index in [1.165, 1.54) is 5.57 Å². The highest BCUT2D eigenvalue weighted by atomic mass is 16.3. The van der Waals surface area contributed by atoms with Gasteiger partial charge in [-0.2, -0.15) is 0 Å². The topological polar surface area (TPSA) is 130 Å². The minimum atomic E-state index is 0.472. The number of aromatic nitrogens is 6. The average molecular weight is 1470 g/mol. The second kappa shape index (κ2) is 28.5. The van der Waals surface area contributed by atoms with Gasteiger partial charge in [0.2, 0.25) is 0 Å². The molecule has 0 saturated carbocycles. The fraction of sp³-hybridized carbons (Fsp3) is 0.0385. The zero-order chi connectivity index (χ0) is 75.6. The third-order valence-corrected chi connectivity index (χ3v) is 21.9. The molecule has 0 radical (unpaired) electrons. The molecule has 21 rings (SSSR count). The number of fused-ring (bicyclic) bond motifs is 12. The van der Waals surface area contributed by atoms with Crippen LogP contribution in [0.5, 0.6) is 0 Å². The Kier molecular flexibility index (Phi) is 16.8. The van der Waals surface area contributed by atoms with Crippen LogP contribution in [0.15, 0.2) is 376 Å². The second-order valence-corrected chi connectivity index (χ2v) is 28.9. The predicted octanol–water partition coefficient (Wildman–Crippen LogP) is 28.0. The molecule has 10 heteroatoms. The molecule has 0 saturated heterocycles. The zero-order valence-corrected chi connectivity index (χ0v) is 62.0. The number of hydrogen-bond donors (Lipinski definition) is 0. The van der Waals surface area contributed by atoms with Crippen LogP contribution in [0.25, 0.3) is 217 Å². The van der Waals surface area contributed by atoms with Crippen molar-refractivity contribution < 1.29 is 17.7 Å². The van der Waals surface area contributed by atoms with Crippen LogP contribution in [-0.4, -0.2) is 29.9 Å². The first-order valence-electron chi connectivity index (χ1n) is 38.6. The van der Waals surface area contributed by atoms with Crippen molar-refractivity contribution in [1.29, 1.82) is 0 Å². The Morgan fingerprint density at radius 2 is 0.640 bits per heavy atom. The Bertz CT molecular complexity index is 7280. The number of benzene rings is 15. The summed E-state index contributed by atoms with van der Waals surface area (Å²) in [5, 5.41) is 7.98. The van der Waals surface area contributed by atoms with Crippen molar-refractivity contribution in [2.24, 2.45) is 0 Å². The molecule has 114 heavy (non-hydrogen) atoms. The van der Waals surface area contributed by atoms with Crippen LogP contribution in [0, 0.1) is 0 Å². The van der Waals surface area contributed by atoms with Crippen molar-refractivity contribution in [3.63, 3.8) is 0 Å². The average Bonchev–Trinajstić information content (AvgIpc) is 1.44. The third-order valence-electron chi connectivity index (χ3n) is 21.9. The van der Waals surface area contributed by atoms with Crippen LogP contribution in [0.1, 0.15) is 30.9 Å². The molecule has 0 spiro atoms. The molecule has 0 aliphatic carbocycles. The Morgan fingerprint density at radius 1 is 0.263 bits per heavy atom. The molecule has 0 fully saturated rings. The van der Waals surface area contributed by atoms with Gasteiger partial charge in [-0.25, -0.2) is 29.9 Å². The maximum absolute atomic E-state index is 6.99. The molecular weight excluding hydrogens is 1400 g/mol. The van der Waals surface area contributed by atoms with Crippen LogP contribution in [0.4, 0.5) is 0 Å². The van der Waals surface area contributed by atoms with Crippen molar-refractivity contribution in [2.75, 3.05) is 0 Å². The molecule has 6 aromatic heterocycles. The summed E-state index contributed by atoms with van der Waals surface area (Å²) in [6, 6.07) is 118. The first-order valence-corrected chi connectivity index (χ1v) is 38.6. The van der Waals surface area contributed by atoms with Gasteiger partial charge >= 0.3 is 0 Å². The molecule has 21 aromatic rings. The largest absolute Gasteiger partial charge is 0.455 e. The minimum absolute atomic E-state index is 0.472. The molecule has 15 aromatic carbocycles. The number of furan rings is 4. The summed E-state index contributed by atoms with van der Waals surface area (Å²) in [5.41, 5.74) is 24.6.